The third-order valence-electron chi connectivity index (χ3n) is 3.80. The molecule has 1 heterocycles. The molecule has 1 aromatic heterocycles. The van der Waals surface area contributed by atoms with Gasteiger partial charge in [-0.25, -0.2) is 13.1 Å². The molecule has 7 heteroatoms. The zero-order valence-corrected chi connectivity index (χ0v) is 11.8. The van der Waals surface area contributed by atoms with Gasteiger partial charge in [0, 0.05) is 24.2 Å². The van der Waals surface area contributed by atoms with Crippen LogP contribution in [0.25, 0.3) is 0 Å². The molecule has 6 nitrogen and oxygen atoms in total. The van der Waals surface area contributed by atoms with Gasteiger partial charge in [0.25, 0.3) is 10.0 Å². The van der Waals surface area contributed by atoms with Crippen molar-refractivity contribution >= 4 is 10.0 Å². The molecule has 0 saturated heterocycles. The number of rotatable bonds is 6. The summed E-state index contributed by atoms with van der Waals surface area (Å²) in [6, 6.07) is 0.624. The zero-order chi connectivity index (χ0) is 13.5. The first-order valence-electron chi connectivity index (χ1n) is 6.82. The smallest absolute Gasteiger partial charge is 0.258 e. The predicted octanol–water partition coefficient (Wildman–Crippen LogP) is 0.738. The molecule has 0 aromatic carbocycles. The summed E-state index contributed by atoms with van der Waals surface area (Å²) in [4.78, 5) is 0. The third kappa shape index (κ3) is 2.98. The topological polar surface area (TPSA) is 86.9 Å². The molecule has 2 fully saturated rings. The molecule has 0 amide bonds. The summed E-state index contributed by atoms with van der Waals surface area (Å²) in [6.07, 6.45) is 5.79. The summed E-state index contributed by atoms with van der Waals surface area (Å²) in [5.74, 6) is 0.616. The first kappa shape index (κ1) is 13.1. The van der Waals surface area contributed by atoms with Crippen LogP contribution in [0.3, 0.4) is 0 Å². The van der Waals surface area contributed by atoms with Gasteiger partial charge in [0.2, 0.25) is 0 Å². The Bertz CT molecular complexity index is 544. The molecule has 0 radical (unpaired) electrons. The molecule has 106 valence electrons. The predicted molar refractivity (Wildman–Crippen MR) is 71.0 cm³/mol. The monoisotopic (exact) mass is 284 g/mol. The van der Waals surface area contributed by atoms with E-state index in [0.29, 0.717) is 24.1 Å². The second kappa shape index (κ2) is 4.88. The fourth-order valence-electron chi connectivity index (χ4n) is 2.48. The van der Waals surface area contributed by atoms with Crippen molar-refractivity contribution < 1.29 is 8.42 Å². The molecule has 3 N–H and O–H groups in total. The molecule has 2 aliphatic carbocycles. The largest absolute Gasteiger partial charge is 0.310 e. The summed E-state index contributed by atoms with van der Waals surface area (Å²) >= 11 is 0. The lowest BCUT2D eigenvalue weighted by molar-refractivity contribution is 0.270. The van der Waals surface area contributed by atoms with Crippen LogP contribution >= 0.6 is 0 Å². The maximum atomic E-state index is 12.3. The Morgan fingerprint density at radius 1 is 1.37 bits per heavy atom. The van der Waals surface area contributed by atoms with Crippen LogP contribution in [0, 0.1) is 5.92 Å². The fraction of sp³-hybridized carbons (Fsp3) is 0.750. The van der Waals surface area contributed by atoms with E-state index in [2.05, 4.69) is 27.2 Å². The van der Waals surface area contributed by atoms with Gasteiger partial charge in [-0.15, -0.1) is 0 Å². The van der Waals surface area contributed by atoms with Gasteiger partial charge >= 0.3 is 0 Å². The maximum Gasteiger partial charge on any atom is 0.258 e. The van der Waals surface area contributed by atoms with E-state index in [4.69, 9.17) is 0 Å². The van der Waals surface area contributed by atoms with Crippen LogP contribution < -0.4 is 10.0 Å². The first-order valence-corrected chi connectivity index (χ1v) is 8.31. The molecule has 0 atom stereocenters. The Labute approximate surface area is 113 Å². The van der Waals surface area contributed by atoms with Gasteiger partial charge in [0.05, 0.1) is 6.20 Å². The number of nitrogens with zero attached hydrogens (tertiary/aromatic N) is 1. The lowest BCUT2D eigenvalue weighted by Crippen LogP contribution is -2.43. The molecule has 0 aliphatic heterocycles. The van der Waals surface area contributed by atoms with Gasteiger partial charge in [-0.1, -0.05) is 6.92 Å². The molecule has 1 aromatic rings. The van der Waals surface area contributed by atoms with Gasteiger partial charge in [0.1, 0.15) is 0 Å². The standard InChI is InChI=1S/C12H20N4O2S/c1-8-4-11(5-8)16-19(17,18)12-9(7-14-15-12)6-13-10-2-3-10/h7-8,10-11,13,16H,2-6H2,1H3,(H,14,15). The van der Waals surface area contributed by atoms with Crippen LogP contribution in [0.15, 0.2) is 11.2 Å². The summed E-state index contributed by atoms with van der Waals surface area (Å²) in [5, 5.41) is 10.00. The normalized spacial score (nSPS) is 27.2. The van der Waals surface area contributed by atoms with E-state index in [1.807, 2.05) is 0 Å². The highest BCUT2D eigenvalue weighted by Crippen LogP contribution is 2.28. The van der Waals surface area contributed by atoms with E-state index < -0.39 is 10.0 Å². The van der Waals surface area contributed by atoms with Crippen LogP contribution in [0.4, 0.5) is 0 Å². The van der Waals surface area contributed by atoms with Crippen LogP contribution in [0.2, 0.25) is 0 Å². The minimum Gasteiger partial charge on any atom is -0.310 e. The van der Waals surface area contributed by atoms with Gasteiger partial charge in [-0.3, -0.25) is 5.10 Å². The van der Waals surface area contributed by atoms with Crippen molar-refractivity contribution in [3.63, 3.8) is 0 Å². The van der Waals surface area contributed by atoms with Crippen LogP contribution in [-0.4, -0.2) is 30.7 Å². The van der Waals surface area contributed by atoms with Crippen molar-refractivity contribution in [3.05, 3.63) is 11.8 Å². The Hall–Kier alpha value is -0.920. The summed E-state index contributed by atoms with van der Waals surface area (Å²) in [5.41, 5.74) is 0.715. The number of nitrogens with one attached hydrogen (secondary N) is 3. The van der Waals surface area contributed by atoms with E-state index in [1.54, 1.807) is 6.20 Å². The Morgan fingerprint density at radius 2 is 2.11 bits per heavy atom. The van der Waals surface area contributed by atoms with Crippen molar-refractivity contribution in [2.45, 2.75) is 56.3 Å². The van der Waals surface area contributed by atoms with E-state index >= 15 is 0 Å². The molecule has 3 rings (SSSR count). The second-order valence-electron chi connectivity index (χ2n) is 5.77. The number of hydrogen-bond donors (Lipinski definition) is 3. The summed E-state index contributed by atoms with van der Waals surface area (Å²) < 4.78 is 27.3. The fourth-order valence-corrected chi connectivity index (χ4v) is 3.87. The Morgan fingerprint density at radius 3 is 2.74 bits per heavy atom. The first-order chi connectivity index (χ1) is 9.04. The van der Waals surface area contributed by atoms with Gasteiger partial charge in [-0.05, 0) is 31.6 Å². The minimum absolute atomic E-state index is 0.0764. The van der Waals surface area contributed by atoms with Crippen LogP contribution in [0.1, 0.15) is 38.2 Å². The van der Waals surface area contributed by atoms with Crippen molar-refractivity contribution in [1.82, 2.24) is 20.2 Å². The van der Waals surface area contributed by atoms with Gasteiger partial charge < -0.3 is 5.32 Å². The van der Waals surface area contributed by atoms with E-state index in [1.165, 1.54) is 12.8 Å². The average molecular weight is 284 g/mol. The minimum atomic E-state index is -3.47. The molecule has 0 bridgehead atoms. The quantitative estimate of drug-likeness (QED) is 0.719. The number of aromatic nitrogens is 2. The summed E-state index contributed by atoms with van der Waals surface area (Å²) in [7, 11) is -3.47. The van der Waals surface area contributed by atoms with Gasteiger partial charge in [0.15, 0.2) is 5.03 Å². The SMILES string of the molecule is CC1CC(NS(=O)(=O)c2[nH]ncc2CNC2CC2)C1. The zero-order valence-electron chi connectivity index (χ0n) is 11.0. The summed E-state index contributed by atoms with van der Waals surface area (Å²) in [6.45, 7) is 2.68. The van der Waals surface area contributed by atoms with E-state index in [-0.39, 0.29) is 11.1 Å². The lowest BCUT2D eigenvalue weighted by atomic mass is 9.83. The molecule has 0 unspecified atom stereocenters. The Balaban J connectivity index is 1.67. The van der Waals surface area contributed by atoms with Crippen LogP contribution in [0.5, 0.6) is 0 Å². The number of H-pyrrole nitrogens is 1. The molecular formula is C12H20N4O2S. The van der Waals surface area contributed by atoms with Crippen molar-refractivity contribution in [1.29, 1.82) is 0 Å². The molecule has 2 saturated carbocycles. The highest BCUT2D eigenvalue weighted by atomic mass is 32.2. The van der Waals surface area contributed by atoms with Crippen molar-refractivity contribution in [3.8, 4) is 0 Å². The second-order valence-corrected chi connectivity index (χ2v) is 7.43. The van der Waals surface area contributed by atoms with Gasteiger partial charge in [-0.2, -0.15) is 5.10 Å². The highest BCUT2D eigenvalue weighted by molar-refractivity contribution is 7.89. The number of aromatic amines is 1. The number of hydrogen-bond acceptors (Lipinski definition) is 4. The molecule has 19 heavy (non-hydrogen) atoms. The molecular weight excluding hydrogens is 264 g/mol. The van der Waals surface area contributed by atoms with Crippen molar-refractivity contribution in [2.24, 2.45) is 5.92 Å². The van der Waals surface area contributed by atoms with Crippen molar-refractivity contribution in [2.75, 3.05) is 0 Å². The van der Waals surface area contributed by atoms with E-state index in [9.17, 15) is 8.42 Å². The van der Waals surface area contributed by atoms with E-state index in [0.717, 1.165) is 12.8 Å². The van der Waals surface area contributed by atoms with Crippen LogP contribution in [-0.2, 0) is 16.6 Å². The maximum absolute atomic E-state index is 12.3. The average Bonchev–Trinajstić information content (AvgIpc) is 3.00. The lowest BCUT2D eigenvalue weighted by Gasteiger charge is -2.32. The highest BCUT2D eigenvalue weighted by Gasteiger charge is 2.31. The molecule has 2 aliphatic rings. The number of sulfonamides is 1. The Kier molecular flexibility index (Phi) is 3.36. The third-order valence-corrected chi connectivity index (χ3v) is 5.34. The molecule has 0 spiro atoms.